The van der Waals surface area contributed by atoms with E-state index in [0.717, 1.165) is 0 Å². The molecule has 0 spiro atoms. The lowest BCUT2D eigenvalue weighted by atomic mass is 10.1. The number of nitrogens with zero attached hydrogens (tertiary/aromatic N) is 3. The highest BCUT2D eigenvalue weighted by Crippen LogP contribution is 2.33. The average Bonchev–Trinajstić information content (AvgIpc) is 2.72. The number of nitrogen functional groups attached to an aromatic ring is 1. The molecule has 1 heterocycles. The zero-order chi connectivity index (χ0) is 15.9. The fraction of sp³-hybridized carbons (Fsp3) is 0.250. The molecule has 0 radical (unpaired) electrons. The molecule has 0 fully saturated rings. The second kappa shape index (κ2) is 5.08. The smallest absolute Gasteiger partial charge is 0.334 e. The van der Waals surface area contributed by atoms with Gasteiger partial charge in [0.1, 0.15) is 11.4 Å². The van der Waals surface area contributed by atoms with Gasteiger partial charge in [0.2, 0.25) is 5.82 Å². The van der Waals surface area contributed by atoms with Gasteiger partial charge in [0, 0.05) is 18.1 Å². The van der Waals surface area contributed by atoms with Crippen molar-refractivity contribution in [2.45, 2.75) is 19.8 Å². The second-order valence-corrected chi connectivity index (χ2v) is 4.66. The third-order valence-electron chi connectivity index (χ3n) is 2.87. The zero-order valence-corrected chi connectivity index (χ0v) is 11.1. The highest BCUT2D eigenvalue weighted by atomic mass is 19.2. The molecule has 0 atom stereocenters. The van der Waals surface area contributed by atoms with Crippen LogP contribution in [0.15, 0.2) is 12.1 Å². The van der Waals surface area contributed by atoms with Crippen molar-refractivity contribution in [3.8, 4) is 5.69 Å². The summed E-state index contributed by atoms with van der Waals surface area (Å²) in [6.45, 7) is 3.28. The first-order valence-corrected chi connectivity index (χ1v) is 5.91. The van der Waals surface area contributed by atoms with Crippen LogP contribution in [0.25, 0.3) is 5.69 Å². The minimum absolute atomic E-state index is 0.0293. The van der Waals surface area contributed by atoms with Crippen LogP contribution < -0.4 is 5.73 Å². The van der Waals surface area contributed by atoms with Gasteiger partial charge in [-0.25, -0.2) is 17.9 Å². The number of rotatable bonds is 3. The van der Waals surface area contributed by atoms with Crippen LogP contribution in [-0.2, 0) is 0 Å². The first kappa shape index (κ1) is 14.8. The van der Waals surface area contributed by atoms with Gasteiger partial charge in [-0.05, 0) is 0 Å². The normalized spacial score (nSPS) is 11.1. The van der Waals surface area contributed by atoms with Crippen LogP contribution >= 0.6 is 0 Å². The van der Waals surface area contributed by atoms with Gasteiger partial charge in [0.25, 0.3) is 0 Å². The van der Waals surface area contributed by atoms with E-state index in [4.69, 9.17) is 5.73 Å². The predicted octanol–water partition coefficient (Wildman–Crippen LogP) is 2.90. The van der Waals surface area contributed by atoms with E-state index < -0.39 is 39.6 Å². The average molecular weight is 300 g/mol. The Morgan fingerprint density at radius 2 is 1.81 bits per heavy atom. The lowest BCUT2D eigenvalue weighted by molar-refractivity contribution is -0.384. The Kier molecular flexibility index (Phi) is 3.58. The van der Waals surface area contributed by atoms with Crippen LogP contribution in [0.5, 0.6) is 0 Å². The van der Waals surface area contributed by atoms with Gasteiger partial charge in [-0.15, -0.1) is 0 Å². The van der Waals surface area contributed by atoms with E-state index in [2.05, 4.69) is 5.10 Å². The van der Waals surface area contributed by atoms with Gasteiger partial charge in [-0.2, -0.15) is 5.10 Å². The molecule has 2 N–H and O–H groups in total. The maximum absolute atomic E-state index is 13.7. The minimum Gasteiger partial charge on any atom is -0.378 e. The Bertz CT molecular complexity index is 728. The molecule has 2 aromatic rings. The molecule has 9 heteroatoms. The molecule has 0 bridgehead atoms. The van der Waals surface area contributed by atoms with Gasteiger partial charge in [-0.1, -0.05) is 13.8 Å². The topological polar surface area (TPSA) is 87.0 Å². The lowest BCUT2D eigenvalue weighted by Crippen LogP contribution is -2.06. The van der Waals surface area contributed by atoms with E-state index >= 15 is 0 Å². The van der Waals surface area contributed by atoms with E-state index in [1.54, 1.807) is 13.8 Å². The summed E-state index contributed by atoms with van der Waals surface area (Å²) in [7, 11) is 0. The van der Waals surface area contributed by atoms with E-state index in [9.17, 15) is 23.3 Å². The summed E-state index contributed by atoms with van der Waals surface area (Å²) < 4.78 is 40.6. The van der Waals surface area contributed by atoms with Crippen molar-refractivity contribution in [3.05, 3.63) is 45.4 Å². The summed E-state index contributed by atoms with van der Waals surface area (Å²) in [5.41, 5.74) is 4.66. The van der Waals surface area contributed by atoms with Gasteiger partial charge in [0.05, 0.1) is 4.92 Å². The maximum Gasteiger partial charge on any atom is 0.334 e. The number of halogens is 3. The number of anilines is 1. The molecule has 2 rings (SSSR count). The Hall–Kier alpha value is -2.58. The molecule has 6 nitrogen and oxygen atoms in total. The van der Waals surface area contributed by atoms with Crippen LogP contribution in [0.2, 0.25) is 0 Å². The summed E-state index contributed by atoms with van der Waals surface area (Å²) in [6, 6.07) is 0.870. The fourth-order valence-electron chi connectivity index (χ4n) is 1.87. The summed E-state index contributed by atoms with van der Waals surface area (Å²) in [5.74, 6) is -4.63. The fourth-order valence-corrected chi connectivity index (χ4v) is 1.87. The number of hydrogen-bond acceptors (Lipinski definition) is 4. The number of nitro groups is 1. The summed E-state index contributed by atoms with van der Waals surface area (Å²) in [5, 5.41) is 14.9. The molecule has 1 aromatic heterocycles. The Morgan fingerprint density at radius 1 is 1.24 bits per heavy atom. The van der Waals surface area contributed by atoms with Crippen molar-refractivity contribution in [1.82, 2.24) is 9.78 Å². The van der Waals surface area contributed by atoms with Crippen molar-refractivity contribution in [1.29, 1.82) is 0 Å². The van der Waals surface area contributed by atoms with Gasteiger partial charge in [0.15, 0.2) is 17.5 Å². The summed E-state index contributed by atoms with van der Waals surface area (Å²) in [6.07, 6.45) is 0. The Labute approximate surface area is 117 Å². The molecular weight excluding hydrogens is 289 g/mol. The highest BCUT2D eigenvalue weighted by molar-refractivity contribution is 5.61. The maximum atomic E-state index is 13.7. The molecule has 0 saturated carbocycles. The van der Waals surface area contributed by atoms with Gasteiger partial charge in [-0.3, -0.25) is 10.1 Å². The third kappa shape index (κ3) is 2.41. The van der Waals surface area contributed by atoms with Crippen molar-refractivity contribution >= 4 is 11.5 Å². The third-order valence-corrected chi connectivity index (χ3v) is 2.87. The van der Waals surface area contributed by atoms with E-state index in [0.29, 0.717) is 16.8 Å². The van der Waals surface area contributed by atoms with Crippen molar-refractivity contribution in [3.63, 3.8) is 0 Å². The number of aromatic nitrogens is 2. The number of benzene rings is 1. The monoisotopic (exact) mass is 300 g/mol. The molecule has 1 aromatic carbocycles. The molecule has 21 heavy (non-hydrogen) atoms. The van der Waals surface area contributed by atoms with Crippen LogP contribution in [0.3, 0.4) is 0 Å². The summed E-state index contributed by atoms with van der Waals surface area (Å²) >= 11 is 0. The minimum atomic E-state index is -1.37. The molecular formula is C12H11F3N4O2. The number of hydrogen-bond donors (Lipinski definition) is 1. The quantitative estimate of drug-likeness (QED) is 0.536. The molecule has 0 unspecified atom stereocenters. The van der Waals surface area contributed by atoms with E-state index in [1.165, 1.54) is 0 Å². The second-order valence-electron chi connectivity index (χ2n) is 4.66. The standard InChI is InChI=1S/C12H11F3N4O2/c1-5(2)10-11(19(20)21)12(16)18(17-10)9-4-7(14)6(13)3-8(9)15/h3-5H,16H2,1-2H3. The predicted molar refractivity (Wildman–Crippen MR) is 68.6 cm³/mol. The van der Waals surface area contributed by atoms with E-state index in [-0.39, 0.29) is 11.6 Å². The van der Waals surface area contributed by atoms with Crippen molar-refractivity contribution in [2.75, 3.05) is 5.73 Å². The van der Waals surface area contributed by atoms with Crippen LogP contribution in [0.4, 0.5) is 24.7 Å². The van der Waals surface area contributed by atoms with Gasteiger partial charge < -0.3 is 5.73 Å². The molecule has 112 valence electrons. The van der Waals surface area contributed by atoms with Crippen LogP contribution in [-0.4, -0.2) is 14.7 Å². The molecule has 0 aliphatic carbocycles. The van der Waals surface area contributed by atoms with Gasteiger partial charge >= 0.3 is 5.69 Å². The molecule has 0 amide bonds. The lowest BCUT2D eigenvalue weighted by Gasteiger charge is -2.05. The SMILES string of the molecule is CC(C)c1nn(-c2cc(F)c(F)cc2F)c(N)c1[N+](=O)[O-]. The first-order chi connectivity index (χ1) is 9.73. The van der Waals surface area contributed by atoms with Crippen LogP contribution in [0, 0.1) is 27.6 Å². The molecule has 0 saturated heterocycles. The summed E-state index contributed by atoms with van der Waals surface area (Å²) in [4.78, 5) is 10.3. The Balaban J connectivity index is 2.74. The first-order valence-electron chi connectivity index (χ1n) is 5.91. The van der Waals surface area contributed by atoms with Crippen molar-refractivity contribution < 1.29 is 18.1 Å². The largest absolute Gasteiger partial charge is 0.378 e. The highest BCUT2D eigenvalue weighted by Gasteiger charge is 2.29. The molecule has 0 aliphatic heterocycles. The molecule has 0 aliphatic rings. The van der Waals surface area contributed by atoms with E-state index in [1.807, 2.05) is 0 Å². The Morgan fingerprint density at radius 3 is 2.29 bits per heavy atom. The van der Waals surface area contributed by atoms with Crippen molar-refractivity contribution in [2.24, 2.45) is 0 Å². The zero-order valence-electron chi connectivity index (χ0n) is 11.1. The van der Waals surface area contributed by atoms with Crippen LogP contribution in [0.1, 0.15) is 25.5 Å². The number of nitrogens with two attached hydrogens (primary N) is 1.